The number of carbonyl (C=O) groups is 1. The summed E-state index contributed by atoms with van der Waals surface area (Å²) in [6, 6.07) is 3.82. The van der Waals surface area contributed by atoms with Gasteiger partial charge in [0.2, 0.25) is 5.91 Å². The fraction of sp³-hybridized carbons (Fsp3) is 0.500. The number of hydrogen-bond donors (Lipinski definition) is 2. The van der Waals surface area contributed by atoms with Crippen LogP contribution >= 0.6 is 0 Å². The first-order valence-electron chi connectivity index (χ1n) is 6.85. The molecule has 0 aliphatic carbocycles. The van der Waals surface area contributed by atoms with E-state index in [-0.39, 0.29) is 23.6 Å². The number of carbonyl (C=O) groups excluding carboxylic acids is 1. The van der Waals surface area contributed by atoms with Crippen molar-refractivity contribution in [3.05, 3.63) is 29.8 Å². The first-order chi connectivity index (χ1) is 9.65. The van der Waals surface area contributed by atoms with Crippen LogP contribution in [0.5, 0.6) is 0 Å². The third-order valence-electron chi connectivity index (χ3n) is 3.94. The first kappa shape index (κ1) is 13.3. The minimum absolute atomic E-state index is 0.00885. The minimum atomic E-state index is -0.555. The van der Waals surface area contributed by atoms with Crippen molar-refractivity contribution >= 4 is 11.6 Å². The summed E-state index contributed by atoms with van der Waals surface area (Å²) in [5, 5.41) is 6.00. The summed E-state index contributed by atoms with van der Waals surface area (Å²) in [5.74, 6) is -1.04. The highest BCUT2D eigenvalue weighted by atomic mass is 19.1. The van der Waals surface area contributed by atoms with Crippen LogP contribution in [0, 0.1) is 17.6 Å². The molecule has 108 valence electrons. The topological polar surface area (TPSA) is 44.4 Å². The second-order valence-electron chi connectivity index (χ2n) is 5.37. The Balaban J connectivity index is 1.63. The van der Waals surface area contributed by atoms with E-state index in [1.54, 1.807) is 4.90 Å². The van der Waals surface area contributed by atoms with Gasteiger partial charge in [0.05, 0.1) is 5.92 Å². The van der Waals surface area contributed by atoms with Gasteiger partial charge < -0.3 is 15.5 Å². The van der Waals surface area contributed by atoms with Gasteiger partial charge in [-0.3, -0.25) is 4.79 Å². The van der Waals surface area contributed by atoms with E-state index < -0.39 is 11.6 Å². The fourth-order valence-corrected chi connectivity index (χ4v) is 2.67. The van der Waals surface area contributed by atoms with Gasteiger partial charge in [0.15, 0.2) is 0 Å². The average molecular weight is 281 g/mol. The normalized spacial score (nSPS) is 22.7. The quantitative estimate of drug-likeness (QED) is 0.864. The number of para-hydroxylation sites is 1. The molecular weight excluding hydrogens is 264 g/mol. The van der Waals surface area contributed by atoms with Crippen molar-refractivity contribution in [2.75, 3.05) is 31.1 Å². The molecule has 4 nitrogen and oxygen atoms in total. The van der Waals surface area contributed by atoms with Crippen LogP contribution in [0.25, 0.3) is 0 Å². The van der Waals surface area contributed by atoms with Crippen molar-refractivity contribution in [1.29, 1.82) is 0 Å². The Morgan fingerprint density at radius 1 is 1.30 bits per heavy atom. The molecule has 1 aromatic carbocycles. The predicted molar refractivity (Wildman–Crippen MR) is 71.5 cm³/mol. The molecular formula is C14H17F2N3O. The first-order valence-corrected chi connectivity index (χ1v) is 6.85. The predicted octanol–water partition coefficient (Wildman–Crippen LogP) is 0.879. The largest absolute Gasteiger partial charge is 0.365 e. The van der Waals surface area contributed by atoms with Crippen LogP contribution in [0.3, 0.4) is 0 Å². The number of amides is 1. The van der Waals surface area contributed by atoms with Crippen molar-refractivity contribution < 1.29 is 13.6 Å². The summed E-state index contributed by atoms with van der Waals surface area (Å²) < 4.78 is 27.4. The van der Waals surface area contributed by atoms with Crippen molar-refractivity contribution in [3.63, 3.8) is 0 Å². The second kappa shape index (κ2) is 5.36. The molecule has 2 aliphatic heterocycles. The number of nitrogens with one attached hydrogen (secondary N) is 2. The zero-order chi connectivity index (χ0) is 14.1. The van der Waals surface area contributed by atoms with E-state index in [4.69, 9.17) is 0 Å². The number of rotatable bonds is 3. The molecule has 2 aliphatic rings. The van der Waals surface area contributed by atoms with Gasteiger partial charge in [-0.15, -0.1) is 0 Å². The molecule has 2 N–H and O–H groups in total. The Hall–Kier alpha value is -1.69. The van der Waals surface area contributed by atoms with Crippen LogP contribution in [-0.4, -0.2) is 38.1 Å². The van der Waals surface area contributed by atoms with Gasteiger partial charge in [-0.2, -0.15) is 0 Å². The highest BCUT2D eigenvalue weighted by Crippen LogP contribution is 2.26. The van der Waals surface area contributed by atoms with E-state index in [2.05, 4.69) is 10.6 Å². The number of benzene rings is 1. The standard InChI is InChI=1S/C14H17F2N3O/c15-11-2-1-3-12(16)13(11)19-5-4-10(8-19)18-14(20)9-6-17-7-9/h1-3,9-10,17H,4-8H2,(H,18,20). The van der Waals surface area contributed by atoms with Crippen LogP contribution in [-0.2, 0) is 4.79 Å². The van der Waals surface area contributed by atoms with E-state index in [0.29, 0.717) is 32.6 Å². The van der Waals surface area contributed by atoms with Gasteiger partial charge in [0.25, 0.3) is 0 Å². The van der Waals surface area contributed by atoms with Crippen molar-refractivity contribution in [2.24, 2.45) is 5.92 Å². The molecule has 0 saturated carbocycles. The maximum absolute atomic E-state index is 13.7. The third kappa shape index (κ3) is 2.47. The SMILES string of the molecule is O=C(NC1CCN(c2c(F)cccc2F)C1)C1CNC1. The van der Waals surface area contributed by atoms with Crippen LogP contribution in [0.1, 0.15) is 6.42 Å². The van der Waals surface area contributed by atoms with Crippen molar-refractivity contribution in [3.8, 4) is 0 Å². The molecule has 0 spiro atoms. The average Bonchev–Trinajstić information content (AvgIpc) is 2.74. The summed E-state index contributed by atoms with van der Waals surface area (Å²) in [7, 11) is 0. The number of anilines is 1. The van der Waals surface area contributed by atoms with E-state index in [1.165, 1.54) is 18.2 Å². The summed E-state index contributed by atoms with van der Waals surface area (Å²) in [6.07, 6.45) is 0.708. The maximum atomic E-state index is 13.7. The Labute approximate surface area is 116 Å². The molecule has 6 heteroatoms. The number of halogens is 2. The van der Waals surface area contributed by atoms with Crippen LogP contribution in [0.2, 0.25) is 0 Å². The summed E-state index contributed by atoms with van der Waals surface area (Å²) >= 11 is 0. The van der Waals surface area contributed by atoms with Crippen molar-refractivity contribution in [2.45, 2.75) is 12.5 Å². The highest BCUT2D eigenvalue weighted by molar-refractivity contribution is 5.80. The molecule has 0 bridgehead atoms. The van der Waals surface area contributed by atoms with Gasteiger partial charge >= 0.3 is 0 Å². The van der Waals surface area contributed by atoms with Gasteiger partial charge in [-0.05, 0) is 18.6 Å². The number of nitrogens with zero attached hydrogens (tertiary/aromatic N) is 1. The highest BCUT2D eigenvalue weighted by Gasteiger charge is 2.31. The molecule has 1 atom stereocenters. The number of hydrogen-bond acceptors (Lipinski definition) is 3. The Morgan fingerprint density at radius 3 is 2.60 bits per heavy atom. The van der Waals surface area contributed by atoms with E-state index >= 15 is 0 Å². The Kier molecular flexibility index (Phi) is 3.56. The van der Waals surface area contributed by atoms with E-state index in [1.807, 2.05) is 0 Å². The molecule has 3 rings (SSSR count). The monoisotopic (exact) mass is 281 g/mol. The van der Waals surface area contributed by atoms with Crippen LogP contribution in [0.4, 0.5) is 14.5 Å². The lowest BCUT2D eigenvalue weighted by molar-refractivity contribution is -0.127. The van der Waals surface area contributed by atoms with Gasteiger partial charge in [0, 0.05) is 32.2 Å². The van der Waals surface area contributed by atoms with Gasteiger partial charge in [-0.25, -0.2) is 8.78 Å². The molecule has 1 aromatic rings. The van der Waals surface area contributed by atoms with Gasteiger partial charge in [0.1, 0.15) is 17.3 Å². The lowest BCUT2D eigenvalue weighted by Crippen LogP contribution is -2.53. The van der Waals surface area contributed by atoms with Crippen molar-refractivity contribution in [1.82, 2.24) is 10.6 Å². The van der Waals surface area contributed by atoms with E-state index in [0.717, 1.165) is 0 Å². The Morgan fingerprint density at radius 2 is 2.00 bits per heavy atom. The lowest BCUT2D eigenvalue weighted by atomic mass is 10.0. The molecule has 1 amide bonds. The molecule has 2 heterocycles. The molecule has 2 saturated heterocycles. The molecule has 1 unspecified atom stereocenters. The lowest BCUT2D eigenvalue weighted by Gasteiger charge is -2.27. The molecule has 0 radical (unpaired) electrons. The van der Waals surface area contributed by atoms with Crippen LogP contribution in [0.15, 0.2) is 18.2 Å². The van der Waals surface area contributed by atoms with Gasteiger partial charge in [-0.1, -0.05) is 6.07 Å². The zero-order valence-corrected chi connectivity index (χ0v) is 11.0. The smallest absolute Gasteiger partial charge is 0.225 e. The second-order valence-corrected chi connectivity index (χ2v) is 5.37. The minimum Gasteiger partial charge on any atom is -0.365 e. The van der Waals surface area contributed by atoms with Crippen LogP contribution < -0.4 is 15.5 Å². The molecule has 0 aromatic heterocycles. The summed E-state index contributed by atoms with van der Waals surface area (Å²) in [5.41, 5.74) is 0.00885. The third-order valence-corrected chi connectivity index (χ3v) is 3.94. The summed E-state index contributed by atoms with van der Waals surface area (Å²) in [4.78, 5) is 13.5. The summed E-state index contributed by atoms with van der Waals surface area (Å²) in [6.45, 7) is 2.42. The molecule has 20 heavy (non-hydrogen) atoms. The zero-order valence-electron chi connectivity index (χ0n) is 11.0. The van der Waals surface area contributed by atoms with E-state index in [9.17, 15) is 13.6 Å². The maximum Gasteiger partial charge on any atom is 0.225 e. The Bertz CT molecular complexity index is 499. The molecule has 2 fully saturated rings. The fourth-order valence-electron chi connectivity index (χ4n) is 2.67.